The Bertz CT molecular complexity index is 2410. The lowest BCUT2D eigenvalue weighted by molar-refractivity contribution is -0.688. The molecule has 0 aliphatic carbocycles. The first-order valence-electron chi connectivity index (χ1n) is 16.3. The smallest absolute Gasteiger partial charge is 0.337 e. The number of benzene rings is 5. The Hall–Kier alpha value is -6.62. The summed E-state index contributed by atoms with van der Waals surface area (Å²) in [6, 6.07) is 13.4. The molecule has 24 heteroatoms. The third kappa shape index (κ3) is 7.33. The average Bonchev–Trinajstić information content (AvgIpc) is 3.26. The summed E-state index contributed by atoms with van der Waals surface area (Å²) in [4.78, 5) is 11.4. The summed E-state index contributed by atoms with van der Waals surface area (Å²) >= 11 is 0. The van der Waals surface area contributed by atoms with Gasteiger partial charge in [0.1, 0.15) is 52.7 Å². The third-order valence-corrected chi connectivity index (χ3v) is 9.20. The molecule has 0 atom stereocenters. The van der Waals surface area contributed by atoms with Gasteiger partial charge in [-0.1, -0.05) is 18.2 Å². The summed E-state index contributed by atoms with van der Waals surface area (Å²) in [5.74, 6) is -71.7. The maximum atomic E-state index is 15.4. The van der Waals surface area contributed by atoms with Crippen LogP contribution in [0.3, 0.4) is 0 Å². The first-order chi connectivity index (χ1) is 29.0. The van der Waals surface area contributed by atoms with Gasteiger partial charge in [0.25, 0.3) is 0 Å². The normalized spacial score (nSPS) is 11.4. The molecule has 0 aliphatic rings. The number of ether oxygens (including phenoxy) is 1. The van der Waals surface area contributed by atoms with Crippen LogP contribution in [0.1, 0.15) is 15.9 Å². The molecule has 0 aliphatic heterocycles. The van der Waals surface area contributed by atoms with Crippen LogP contribution in [-0.2, 0) is 11.3 Å². The van der Waals surface area contributed by atoms with Gasteiger partial charge in [-0.3, -0.25) is 0 Å². The fraction of sp³-hybridized carbons (Fsp3) is 0.0526. The van der Waals surface area contributed by atoms with Crippen LogP contribution in [0.4, 0.5) is 87.8 Å². The van der Waals surface area contributed by atoms with Crippen molar-refractivity contribution in [2.45, 2.75) is 6.54 Å². The molecule has 0 saturated carbocycles. The predicted molar refractivity (Wildman–Crippen MR) is 173 cm³/mol. The molecule has 3 nitrogen and oxygen atoms in total. The van der Waals surface area contributed by atoms with Crippen LogP contribution in [0.25, 0.3) is 0 Å². The Kier molecular flexibility index (Phi) is 13.0. The van der Waals surface area contributed by atoms with E-state index < -0.39 is 144 Å². The molecule has 0 radical (unpaired) electrons. The highest BCUT2D eigenvalue weighted by atomic mass is 19.2. The van der Waals surface area contributed by atoms with Crippen LogP contribution < -0.4 is 26.4 Å². The molecule has 0 bridgehead atoms. The van der Waals surface area contributed by atoms with Crippen molar-refractivity contribution < 1.29 is 102 Å². The van der Waals surface area contributed by atoms with Crippen molar-refractivity contribution in [3.8, 4) is 0 Å². The van der Waals surface area contributed by atoms with Crippen molar-refractivity contribution in [3.63, 3.8) is 0 Å². The van der Waals surface area contributed by atoms with Crippen molar-refractivity contribution in [1.29, 1.82) is 0 Å². The van der Waals surface area contributed by atoms with E-state index in [2.05, 4.69) is 4.57 Å². The van der Waals surface area contributed by atoms with Gasteiger partial charge in [-0.05, 0) is 12.1 Å². The van der Waals surface area contributed by atoms with Gasteiger partial charge in [-0.25, -0.2) is 97.2 Å². The summed E-state index contributed by atoms with van der Waals surface area (Å²) < 4.78 is 301. The van der Waals surface area contributed by atoms with Gasteiger partial charge in [0, 0.05) is 17.7 Å². The molecule has 6 rings (SSSR count). The van der Waals surface area contributed by atoms with Gasteiger partial charge in [-0.2, -0.15) is 0 Å². The number of nitrogens with zero attached hydrogens (tertiary/aromatic N) is 1. The summed E-state index contributed by atoms with van der Waals surface area (Å²) in [5.41, 5.74) is -12.7. The van der Waals surface area contributed by atoms with Crippen LogP contribution in [-0.4, -0.2) is 19.2 Å². The number of carbonyl (C=O) groups excluding carboxylic acids is 1. The lowest BCUT2D eigenvalue weighted by Gasteiger charge is -2.44. The summed E-state index contributed by atoms with van der Waals surface area (Å²) in [6.07, 6.45) is -3.24. The molecule has 5 aromatic carbocycles. The number of methoxy groups -OCH3 is 1. The van der Waals surface area contributed by atoms with E-state index in [0.717, 1.165) is 12.1 Å². The predicted octanol–water partition coefficient (Wildman–Crippen LogP) is 7.66. The Morgan fingerprint density at radius 1 is 0.419 bits per heavy atom. The van der Waals surface area contributed by atoms with Gasteiger partial charge >= 0.3 is 5.97 Å². The van der Waals surface area contributed by atoms with Gasteiger partial charge in [0.15, 0.2) is 88.7 Å². The summed E-state index contributed by atoms with van der Waals surface area (Å²) in [6.45, 7) is 0.742. The van der Waals surface area contributed by atoms with Crippen LogP contribution in [0, 0.1) is 116 Å². The van der Waals surface area contributed by atoms with Gasteiger partial charge in [-0.15, -0.1) is 21.9 Å². The number of rotatable bonds is 7. The maximum absolute atomic E-state index is 15.4. The molecule has 1 heterocycles. The molecule has 0 N–H and O–H groups in total. The second kappa shape index (κ2) is 17.4. The highest BCUT2D eigenvalue weighted by Crippen LogP contribution is 2.30. The minimum absolute atomic E-state index is 0.301. The molecule has 0 unspecified atom stereocenters. The molecule has 0 amide bonds. The molecular formula is C38H14BF20NO2. The van der Waals surface area contributed by atoms with E-state index in [9.17, 15) is 57.5 Å². The number of esters is 1. The molecule has 0 fully saturated rings. The first-order valence-corrected chi connectivity index (χ1v) is 16.3. The zero-order valence-corrected chi connectivity index (χ0v) is 29.8. The van der Waals surface area contributed by atoms with E-state index in [0.29, 0.717) is 5.56 Å². The fourth-order valence-corrected chi connectivity index (χ4v) is 6.54. The Balaban J connectivity index is 0.000000355. The van der Waals surface area contributed by atoms with E-state index in [1.807, 2.05) is 48.8 Å². The molecule has 326 valence electrons. The van der Waals surface area contributed by atoms with Crippen molar-refractivity contribution in [2.75, 3.05) is 7.11 Å². The maximum Gasteiger partial charge on any atom is 0.337 e. The molecule has 62 heavy (non-hydrogen) atoms. The quantitative estimate of drug-likeness (QED) is 0.0412. The number of aromatic nitrogens is 1. The van der Waals surface area contributed by atoms with Gasteiger partial charge in [0.2, 0.25) is 0 Å². The number of hydrogen-bond donors (Lipinski definition) is 0. The molecule has 6 aromatic rings. The molecule has 0 spiro atoms. The Morgan fingerprint density at radius 2 is 0.694 bits per heavy atom. The van der Waals surface area contributed by atoms with E-state index in [1.165, 1.54) is 7.11 Å². The van der Waals surface area contributed by atoms with E-state index in [4.69, 9.17) is 4.74 Å². The molecular weight excluding hydrogens is 893 g/mol. The number of pyridine rings is 1. The lowest BCUT2D eigenvalue weighted by atomic mass is 9.12. The molecule has 1 aromatic heterocycles. The molecule has 0 saturated heterocycles. The number of carbonyl (C=O) groups is 1. The van der Waals surface area contributed by atoms with Crippen molar-refractivity contribution >= 4 is 34.0 Å². The van der Waals surface area contributed by atoms with E-state index in [1.54, 1.807) is 6.07 Å². The standard InChI is InChI=1S/C24BF20.C14H14NO2/c26-5-1(6(27)14(35)21(42)13(5)34)25(2-7(28)15(36)22(43)16(37)8(2)29,3-9(30)17(38)23(44)18(39)10(3)31)4-11(32)19(40)24(45)20(41)12(4)33;1-17-14(16)13-7-5-6-12(10-13)11-15-8-3-2-4-9-15/h;2-10H,11H2,1H3/q-1;+1. The van der Waals surface area contributed by atoms with Crippen LogP contribution in [0.15, 0.2) is 54.9 Å². The zero-order valence-electron chi connectivity index (χ0n) is 29.8. The number of halogens is 20. The lowest BCUT2D eigenvalue weighted by Crippen LogP contribution is -2.81. The zero-order chi connectivity index (χ0) is 46.4. The van der Waals surface area contributed by atoms with Crippen molar-refractivity contribution in [3.05, 3.63) is 182 Å². The number of hydrogen-bond acceptors (Lipinski definition) is 2. The monoisotopic (exact) mass is 907 g/mol. The average molecular weight is 907 g/mol. The van der Waals surface area contributed by atoms with Crippen molar-refractivity contribution in [2.24, 2.45) is 0 Å². The highest BCUT2D eigenvalue weighted by Gasteiger charge is 2.52. The Labute approximate surface area is 331 Å². The second-order valence-electron chi connectivity index (χ2n) is 12.5. The summed E-state index contributed by atoms with van der Waals surface area (Å²) in [5, 5.41) is 0. The van der Waals surface area contributed by atoms with Crippen LogP contribution in [0.2, 0.25) is 0 Å². The largest absolute Gasteiger partial charge is 0.465 e. The summed E-state index contributed by atoms with van der Waals surface area (Å²) in [7, 11) is 1.39. The third-order valence-electron chi connectivity index (χ3n) is 9.20. The minimum Gasteiger partial charge on any atom is -0.465 e. The SMILES string of the molecule is COC(=O)c1cccc(C[n+]2ccccc2)c1.Fc1c(F)c(F)c([B-](c2c(F)c(F)c(F)c(F)c2F)(c2c(F)c(F)c(F)c(F)c2F)c2c(F)c(F)c(F)c(F)c2F)c(F)c1F. The van der Waals surface area contributed by atoms with E-state index in [-0.39, 0.29) is 5.97 Å². The van der Waals surface area contributed by atoms with Gasteiger partial charge in [0.05, 0.1) is 12.7 Å². The van der Waals surface area contributed by atoms with Gasteiger partial charge < -0.3 is 4.74 Å². The fourth-order valence-electron chi connectivity index (χ4n) is 6.54. The highest BCUT2D eigenvalue weighted by molar-refractivity contribution is 7.20. The first kappa shape index (κ1) is 46.5. The van der Waals surface area contributed by atoms with E-state index >= 15 is 35.1 Å². The van der Waals surface area contributed by atoms with Crippen molar-refractivity contribution in [1.82, 2.24) is 0 Å². The minimum atomic E-state index is -7.22. The Morgan fingerprint density at radius 3 is 0.968 bits per heavy atom. The topological polar surface area (TPSA) is 30.2 Å². The van der Waals surface area contributed by atoms with Crippen LogP contribution >= 0.6 is 0 Å². The van der Waals surface area contributed by atoms with Crippen LogP contribution in [0.5, 0.6) is 0 Å². The second-order valence-corrected chi connectivity index (χ2v) is 12.5.